The van der Waals surface area contributed by atoms with Crippen molar-refractivity contribution in [2.75, 3.05) is 18.6 Å². The zero-order chi connectivity index (χ0) is 13.6. The summed E-state index contributed by atoms with van der Waals surface area (Å²) in [4.78, 5) is 0. The zero-order valence-corrected chi connectivity index (χ0v) is 10.9. The van der Waals surface area contributed by atoms with Gasteiger partial charge in [0, 0.05) is 22.8 Å². The molecule has 0 aromatic heterocycles. The molecule has 0 amide bonds. The van der Waals surface area contributed by atoms with Crippen molar-refractivity contribution in [1.29, 1.82) is 0 Å². The summed E-state index contributed by atoms with van der Waals surface area (Å²) in [5.41, 5.74) is 0.197. The van der Waals surface area contributed by atoms with Gasteiger partial charge in [-0.2, -0.15) is 13.2 Å². The summed E-state index contributed by atoms with van der Waals surface area (Å²) in [5, 5.41) is 2.47. The molecule has 2 atom stereocenters. The molecule has 2 unspecified atom stereocenters. The Labute approximate surface area is 107 Å². The Morgan fingerprint density at radius 3 is 2.39 bits per heavy atom. The van der Waals surface area contributed by atoms with Crippen LogP contribution < -0.4 is 5.32 Å². The van der Waals surface area contributed by atoms with Gasteiger partial charge in [-0.15, -0.1) is 0 Å². The summed E-state index contributed by atoms with van der Waals surface area (Å²) in [7, 11) is -0.967. The lowest BCUT2D eigenvalue weighted by Crippen LogP contribution is -2.35. The van der Waals surface area contributed by atoms with E-state index in [1.165, 1.54) is 12.1 Å². The van der Waals surface area contributed by atoms with Crippen molar-refractivity contribution in [2.24, 2.45) is 0 Å². The average molecular weight is 279 g/mol. The van der Waals surface area contributed by atoms with Gasteiger partial charge in [0.05, 0.1) is 0 Å². The van der Waals surface area contributed by atoms with Gasteiger partial charge in [0.1, 0.15) is 6.04 Å². The summed E-state index contributed by atoms with van der Waals surface area (Å²) >= 11 is 0. The SMILES string of the molecule is CS(=O)CCCNC(c1ccccc1)C(F)(F)F. The van der Waals surface area contributed by atoms with Crippen LogP contribution in [0.3, 0.4) is 0 Å². The fourth-order valence-electron chi connectivity index (χ4n) is 1.59. The molecule has 1 rings (SSSR count). The van der Waals surface area contributed by atoms with Crippen molar-refractivity contribution < 1.29 is 17.4 Å². The molecule has 0 aliphatic rings. The second kappa shape index (κ2) is 6.89. The third-order valence-corrected chi connectivity index (χ3v) is 3.28. The molecule has 1 N–H and O–H groups in total. The Balaban J connectivity index is 2.61. The molecule has 0 fully saturated rings. The van der Waals surface area contributed by atoms with Gasteiger partial charge < -0.3 is 5.32 Å². The first-order valence-corrected chi connectivity index (χ1v) is 7.29. The lowest BCUT2D eigenvalue weighted by Gasteiger charge is -2.22. The largest absolute Gasteiger partial charge is 0.407 e. The maximum atomic E-state index is 12.9. The minimum absolute atomic E-state index is 0.193. The number of hydrogen-bond donors (Lipinski definition) is 1. The smallest absolute Gasteiger partial charge is 0.302 e. The van der Waals surface area contributed by atoms with Gasteiger partial charge in [-0.05, 0) is 18.5 Å². The number of alkyl halides is 3. The van der Waals surface area contributed by atoms with E-state index in [4.69, 9.17) is 0 Å². The first-order chi connectivity index (χ1) is 8.41. The number of hydrogen-bond acceptors (Lipinski definition) is 2. The van der Waals surface area contributed by atoms with Crippen LogP contribution in [0.5, 0.6) is 0 Å². The maximum absolute atomic E-state index is 12.9. The molecule has 2 nitrogen and oxygen atoms in total. The zero-order valence-electron chi connectivity index (χ0n) is 10.0. The minimum atomic E-state index is -4.33. The van der Waals surface area contributed by atoms with E-state index in [0.717, 1.165) is 0 Å². The van der Waals surface area contributed by atoms with E-state index >= 15 is 0 Å². The molecule has 0 radical (unpaired) electrons. The first kappa shape index (κ1) is 15.2. The third-order valence-electron chi connectivity index (χ3n) is 2.42. The molecule has 0 bridgehead atoms. The molecule has 0 aliphatic carbocycles. The minimum Gasteiger partial charge on any atom is -0.302 e. The highest BCUT2D eigenvalue weighted by Crippen LogP contribution is 2.32. The second-order valence-electron chi connectivity index (χ2n) is 3.97. The van der Waals surface area contributed by atoms with E-state index in [-0.39, 0.29) is 12.1 Å². The monoisotopic (exact) mass is 279 g/mol. The Morgan fingerprint density at radius 1 is 1.28 bits per heavy atom. The highest BCUT2D eigenvalue weighted by molar-refractivity contribution is 7.84. The lowest BCUT2D eigenvalue weighted by molar-refractivity contribution is -0.157. The maximum Gasteiger partial charge on any atom is 0.407 e. The van der Waals surface area contributed by atoms with Crippen LogP contribution in [-0.2, 0) is 10.8 Å². The van der Waals surface area contributed by atoms with E-state index in [1.807, 2.05) is 0 Å². The van der Waals surface area contributed by atoms with Gasteiger partial charge >= 0.3 is 6.18 Å². The van der Waals surface area contributed by atoms with E-state index in [0.29, 0.717) is 12.2 Å². The van der Waals surface area contributed by atoms with Crippen molar-refractivity contribution in [3.05, 3.63) is 35.9 Å². The van der Waals surface area contributed by atoms with Crippen molar-refractivity contribution in [2.45, 2.75) is 18.6 Å². The molecule has 0 saturated heterocycles. The van der Waals surface area contributed by atoms with Crippen molar-refractivity contribution in [1.82, 2.24) is 5.32 Å². The van der Waals surface area contributed by atoms with Crippen LogP contribution in [-0.4, -0.2) is 28.9 Å². The van der Waals surface area contributed by atoms with Crippen LogP contribution in [0.25, 0.3) is 0 Å². The fraction of sp³-hybridized carbons (Fsp3) is 0.500. The Hall–Kier alpha value is -0.880. The predicted octanol–water partition coefficient (Wildman–Crippen LogP) is 2.65. The number of halogens is 3. The average Bonchev–Trinajstić information content (AvgIpc) is 2.28. The highest BCUT2D eigenvalue weighted by atomic mass is 32.2. The Bertz CT molecular complexity index is 381. The molecular weight excluding hydrogens is 263 g/mol. The summed E-state index contributed by atoms with van der Waals surface area (Å²) in [6, 6.07) is 6.07. The van der Waals surface area contributed by atoms with E-state index in [9.17, 15) is 17.4 Å². The summed E-state index contributed by atoms with van der Waals surface area (Å²) in [6.45, 7) is 0.193. The second-order valence-corrected chi connectivity index (χ2v) is 5.52. The summed E-state index contributed by atoms with van der Waals surface area (Å²) < 4.78 is 49.4. The molecule has 0 aliphatic heterocycles. The molecule has 0 spiro atoms. The van der Waals surface area contributed by atoms with Crippen LogP contribution in [0.4, 0.5) is 13.2 Å². The van der Waals surface area contributed by atoms with Crippen molar-refractivity contribution >= 4 is 10.8 Å². The predicted molar refractivity (Wildman–Crippen MR) is 66.8 cm³/mol. The Kier molecular flexibility index (Phi) is 5.81. The van der Waals surface area contributed by atoms with Gasteiger partial charge in [-0.3, -0.25) is 4.21 Å². The van der Waals surface area contributed by atoms with Crippen LogP contribution >= 0.6 is 0 Å². The lowest BCUT2D eigenvalue weighted by atomic mass is 10.1. The molecule has 0 heterocycles. The highest BCUT2D eigenvalue weighted by Gasteiger charge is 2.40. The van der Waals surface area contributed by atoms with Crippen LogP contribution in [0.15, 0.2) is 30.3 Å². The first-order valence-electron chi connectivity index (χ1n) is 5.56. The summed E-state index contributed by atoms with van der Waals surface area (Å²) in [6.07, 6.45) is -2.33. The standard InChI is InChI=1S/C12H16F3NOS/c1-18(17)9-5-8-16-11(12(13,14)15)10-6-3-2-4-7-10/h2-4,6-7,11,16H,5,8-9H2,1H3. The van der Waals surface area contributed by atoms with E-state index in [2.05, 4.69) is 5.32 Å². The number of rotatable bonds is 6. The normalized spacial score (nSPS) is 15.3. The van der Waals surface area contributed by atoms with Gasteiger partial charge in [-0.1, -0.05) is 30.3 Å². The quantitative estimate of drug-likeness (QED) is 0.811. The molecule has 0 saturated carbocycles. The molecule has 1 aromatic rings. The van der Waals surface area contributed by atoms with E-state index < -0.39 is 23.0 Å². The van der Waals surface area contributed by atoms with E-state index in [1.54, 1.807) is 24.5 Å². The summed E-state index contributed by atoms with van der Waals surface area (Å²) in [5.74, 6) is 0.409. The topological polar surface area (TPSA) is 29.1 Å². The number of benzene rings is 1. The molecule has 18 heavy (non-hydrogen) atoms. The van der Waals surface area contributed by atoms with Gasteiger partial charge in [0.15, 0.2) is 0 Å². The van der Waals surface area contributed by atoms with Gasteiger partial charge in [0.2, 0.25) is 0 Å². The Morgan fingerprint density at radius 2 is 1.89 bits per heavy atom. The van der Waals surface area contributed by atoms with Crippen LogP contribution in [0.1, 0.15) is 18.0 Å². The fourth-order valence-corrected chi connectivity index (χ4v) is 2.14. The van der Waals surface area contributed by atoms with Crippen molar-refractivity contribution in [3.8, 4) is 0 Å². The van der Waals surface area contributed by atoms with Crippen LogP contribution in [0.2, 0.25) is 0 Å². The number of nitrogens with one attached hydrogen (secondary N) is 1. The molecule has 102 valence electrons. The van der Waals surface area contributed by atoms with Gasteiger partial charge in [0.25, 0.3) is 0 Å². The molecule has 1 aromatic carbocycles. The molecular formula is C12H16F3NOS. The van der Waals surface area contributed by atoms with Gasteiger partial charge in [-0.25, -0.2) is 0 Å². The van der Waals surface area contributed by atoms with Crippen LogP contribution in [0, 0.1) is 0 Å². The third kappa shape index (κ3) is 5.18. The molecule has 6 heteroatoms. The van der Waals surface area contributed by atoms with Crippen molar-refractivity contribution in [3.63, 3.8) is 0 Å².